The Kier molecular flexibility index (Phi) is 5.42. The molecule has 1 saturated heterocycles. The van der Waals surface area contributed by atoms with E-state index in [0.29, 0.717) is 5.13 Å². The number of carbonyl (C=O) groups is 2. The Labute approximate surface area is 121 Å². The maximum absolute atomic E-state index is 11.5. The number of aliphatic carboxylic acids is 1. The number of rotatable bonds is 6. The summed E-state index contributed by atoms with van der Waals surface area (Å²) < 4.78 is 0. The SMILES string of the molecule is O=C(O)CCC(=O)Nc1nnc(CN2CCCCC2)s1. The normalized spacial score (nSPS) is 16.0. The van der Waals surface area contributed by atoms with Crippen LogP contribution in [0.3, 0.4) is 0 Å². The van der Waals surface area contributed by atoms with Gasteiger partial charge in [0.2, 0.25) is 11.0 Å². The van der Waals surface area contributed by atoms with Crippen molar-refractivity contribution >= 4 is 28.3 Å². The molecule has 7 nitrogen and oxygen atoms in total. The van der Waals surface area contributed by atoms with Crippen LogP contribution in [-0.4, -0.2) is 45.2 Å². The van der Waals surface area contributed by atoms with Crippen molar-refractivity contribution in [3.63, 3.8) is 0 Å². The van der Waals surface area contributed by atoms with E-state index in [9.17, 15) is 9.59 Å². The molecular weight excluding hydrogens is 280 g/mol. The molecule has 0 aromatic carbocycles. The standard InChI is InChI=1S/C12H18N4O3S/c17-9(4-5-11(18)19)13-12-15-14-10(20-12)8-16-6-2-1-3-7-16/h1-8H2,(H,18,19)(H,13,15,17). The van der Waals surface area contributed by atoms with Crippen molar-refractivity contribution in [1.82, 2.24) is 15.1 Å². The third kappa shape index (κ3) is 4.86. The number of likely N-dealkylation sites (tertiary alicyclic amines) is 1. The van der Waals surface area contributed by atoms with Crippen LogP contribution in [0.2, 0.25) is 0 Å². The molecule has 2 N–H and O–H groups in total. The lowest BCUT2D eigenvalue weighted by Crippen LogP contribution is -2.28. The molecule has 0 bridgehead atoms. The van der Waals surface area contributed by atoms with Crippen LogP contribution in [0.15, 0.2) is 0 Å². The van der Waals surface area contributed by atoms with Crippen molar-refractivity contribution in [3.8, 4) is 0 Å². The molecule has 2 rings (SSSR count). The quantitative estimate of drug-likeness (QED) is 0.822. The molecule has 0 unspecified atom stereocenters. The smallest absolute Gasteiger partial charge is 0.303 e. The zero-order valence-electron chi connectivity index (χ0n) is 11.2. The van der Waals surface area contributed by atoms with Crippen LogP contribution in [0.25, 0.3) is 0 Å². The van der Waals surface area contributed by atoms with Crippen LogP contribution in [0.5, 0.6) is 0 Å². The van der Waals surface area contributed by atoms with Gasteiger partial charge in [-0.2, -0.15) is 0 Å². The minimum absolute atomic E-state index is 0.0453. The first-order valence-corrected chi connectivity index (χ1v) is 7.51. The number of carbonyl (C=O) groups excluding carboxylic acids is 1. The molecular formula is C12H18N4O3S. The Bertz CT molecular complexity index is 471. The minimum Gasteiger partial charge on any atom is -0.481 e. The van der Waals surface area contributed by atoms with E-state index in [1.165, 1.54) is 30.6 Å². The number of carboxylic acid groups (broad SMARTS) is 1. The first kappa shape index (κ1) is 14.9. The molecule has 0 atom stereocenters. The highest BCUT2D eigenvalue weighted by Crippen LogP contribution is 2.19. The maximum atomic E-state index is 11.5. The average molecular weight is 298 g/mol. The van der Waals surface area contributed by atoms with E-state index in [0.717, 1.165) is 24.6 Å². The third-order valence-electron chi connectivity index (χ3n) is 3.09. The number of carboxylic acids is 1. The van der Waals surface area contributed by atoms with E-state index in [1.807, 2.05) is 0 Å². The molecule has 1 aliphatic rings. The molecule has 8 heteroatoms. The lowest BCUT2D eigenvalue weighted by atomic mass is 10.1. The highest BCUT2D eigenvalue weighted by molar-refractivity contribution is 7.15. The van der Waals surface area contributed by atoms with Gasteiger partial charge in [0.15, 0.2) is 0 Å². The monoisotopic (exact) mass is 298 g/mol. The van der Waals surface area contributed by atoms with E-state index in [2.05, 4.69) is 20.4 Å². The highest BCUT2D eigenvalue weighted by Gasteiger charge is 2.14. The second kappa shape index (κ2) is 7.30. The van der Waals surface area contributed by atoms with E-state index in [4.69, 9.17) is 5.11 Å². The summed E-state index contributed by atoms with van der Waals surface area (Å²) in [6.45, 7) is 2.93. The average Bonchev–Trinajstić information content (AvgIpc) is 2.85. The van der Waals surface area contributed by atoms with Crippen LogP contribution < -0.4 is 5.32 Å². The minimum atomic E-state index is -0.983. The Hall–Kier alpha value is -1.54. The molecule has 1 fully saturated rings. The topological polar surface area (TPSA) is 95.4 Å². The Morgan fingerprint density at radius 3 is 2.65 bits per heavy atom. The zero-order chi connectivity index (χ0) is 14.4. The summed E-state index contributed by atoms with van der Waals surface area (Å²) in [6, 6.07) is 0. The summed E-state index contributed by atoms with van der Waals surface area (Å²) >= 11 is 1.35. The zero-order valence-corrected chi connectivity index (χ0v) is 12.0. The van der Waals surface area contributed by atoms with Gasteiger partial charge in [-0.3, -0.25) is 14.5 Å². The van der Waals surface area contributed by atoms with Gasteiger partial charge in [-0.05, 0) is 25.9 Å². The van der Waals surface area contributed by atoms with Crippen molar-refractivity contribution in [1.29, 1.82) is 0 Å². The number of aromatic nitrogens is 2. The van der Waals surface area contributed by atoms with Crippen LogP contribution in [0, 0.1) is 0 Å². The van der Waals surface area contributed by atoms with Crippen LogP contribution in [0.4, 0.5) is 5.13 Å². The van der Waals surface area contributed by atoms with Crippen molar-refractivity contribution in [2.45, 2.75) is 38.6 Å². The molecule has 1 aromatic rings. The molecule has 1 amide bonds. The number of anilines is 1. The Morgan fingerprint density at radius 2 is 1.95 bits per heavy atom. The van der Waals surface area contributed by atoms with E-state index < -0.39 is 5.97 Å². The van der Waals surface area contributed by atoms with Gasteiger partial charge in [-0.1, -0.05) is 17.8 Å². The second-order valence-electron chi connectivity index (χ2n) is 4.78. The van der Waals surface area contributed by atoms with Gasteiger partial charge >= 0.3 is 5.97 Å². The first-order chi connectivity index (χ1) is 9.63. The van der Waals surface area contributed by atoms with Crippen LogP contribution in [0.1, 0.15) is 37.1 Å². The number of piperidine rings is 1. The van der Waals surface area contributed by atoms with Gasteiger partial charge in [-0.25, -0.2) is 0 Å². The fourth-order valence-corrected chi connectivity index (χ4v) is 2.88. The predicted octanol–water partition coefficient (Wildman–Crippen LogP) is 1.33. The summed E-state index contributed by atoms with van der Waals surface area (Å²) in [6.07, 6.45) is 3.51. The van der Waals surface area contributed by atoms with Crippen molar-refractivity contribution in [2.24, 2.45) is 0 Å². The van der Waals surface area contributed by atoms with Gasteiger partial charge in [0.05, 0.1) is 13.0 Å². The summed E-state index contributed by atoms with van der Waals surface area (Å²) in [5.74, 6) is -1.32. The first-order valence-electron chi connectivity index (χ1n) is 6.70. The summed E-state index contributed by atoms with van der Waals surface area (Å²) in [5.41, 5.74) is 0. The number of amides is 1. The van der Waals surface area contributed by atoms with E-state index >= 15 is 0 Å². The fraction of sp³-hybridized carbons (Fsp3) is 0.667. The van der Waals surface area contributed by atoms with Gasteiger partial charge in [-0.15, -0.1) is 10.2 Å². The molecule has 0 radical (unpaired) electrons. The summed E-state index contributed by atoms with van der Waals surface area (Å²) in [7, 11) is 0. The summed E-state index contributed by atoms with van der Waals surface area (Å²) in [5, 5.41) is 20.4. The van der Waals surface area contributed by atoms with E-state index in [1.54, 1.807) is 0 Å². The Balaban J connectivity index is 1.79. The molecule has 1 aliphatic heterocycles. The van der Waals surface area contributed by atoms with E-state index in [-0.39, 0.29) is 18.7 Å². The Morgan fingerprint density at radius 1 is 1.20 bits per heavy atom. The lowest BCUT2D eigenvalue weighted by molar-refractivity contribution is -0.138. The summed E-state index contributed by atoms with van der Waals surface area (Å²) in [4.78, 5) is 24.2. The van der Waals surface area contributed by atoms with Gasteiger partial charge in [0, 0.05) is 6.42 Å². The number of nitrogens with zero attached hydrogens (tertiary/aromatic N) is 3. The van der Waals surface area contributed by atoms with Crippen LogP contribution >= 0.6 is 11.3 Å². The second-order valence-corrected chi connectivity index (χ2v) is 5.84. The van der Waals surface area contributed by atoms with Crippen molar-refractivity contribution in [3.05, 3.63) is 5.01 Å². The lowest BCUT2D eigenvalue weighted by Gasteiger charge is -2.24. The molecule has 0 spiro atoms. The molecule has 0 aliphatic carbocycles. The number of hydrogen-bond acceptors (Lipinski definition) is 6. The van der Waals surface area contributed by atoms with Gasteiger partial charge in [0.25, 0.3) is 0 Å². The molecule has 110 valence electrons. The molecule has 20 heavy (non-hydrogen) atoms. The number of hydrogen-bond donors (Lipinski definition) is 2. The molecule has 0 saturated carbocycles. The largest absolute Gasteiger partial charge is 0.481 e. The third-order valence-corrected chi connectivity index (χ3v) is 3.91. The van der Waals surface area contributed by atoms with Gasteiger partial charge < -0.3 is 10.4 Å². The molecule has 1 aromatic heterocycles. The molecule has 2 heterocycles. The van der Waals surface area contributed by atoms with Gasteiger partial charge in [0.1, 0.15) is 5.01 Å². The number of nitrogens with one attached hydrogen (secondary N) is 1. The van der Waals surface area contributed by atoms with Crippen molar-refractivity contribution < 1.29 is 14.7 Å². The highest BCUT2D eigenvalue weighted by atomic mass is 32.1. The van der Waals surface area contributed by atoms with Crippen molar-refractivity contribution in [2.75, 3.05) is 18.4 Å². The fourth-order valence-electron chi connectivity index (χ4n) is 2.08. The maximum Gasteiger partial charge on any atom is 0.303 e. The predicted molar refractivity (Wildman–Crippen MR) is 74.5 cm³/mol. The van der Waals surface area contributed by atoms with Crippen LogP contribution in [-0.2, 0) is 16.1 Å².